The van der Waals surface area contributed by atoms with Gasteiger partial charge in [-0.2, -0.15) is 5.10 Å². The normalized spacial score (nSPS) is 18.8. The van der Waals surface area contributed by atoms with E-state index < -0.39 is 0 Å². The number of aromatic amines is 1. The van der Waals surface area contributed by atoms with Crippen LogP contribution in [0.2, 0.25) is 0 Å². The number of carbonyl (C=O) groups is 1. The maximum absolute atomic E-state index is 12.7. The predicted octanol–water partition coefficient (Wildman–Crippen LogP) is 2.36. The van der Waals surface area contributed by atoms with Crippen molar-refractivity contribution >= 4 is 16.8 Å². The first-order chi connectivity index (χ1) is 13.7. The minimum atomic E-state index is -0.112. The van der Waals surface area contributed by atoms with Gasteiger partial charge in [0.05, 0.1) is 5.52 Å². The maximum atomic E-state index is 12.7. The number of hydrogen-bond donors (Lipinski definition) is 2. The van der Waals surface area contributed by atoms with Crippen LogP contribution >= 0.6 is 0 Å². The summed E-state index contributed by atoms with van der Waals surface area (Å²) in [6.45, 7) is 5.63. The van der Waals surface area contributed by atoms with Crippen LogP contribution in [0.1, 0.15) is 16.1 Å². The summed E-state index contributed by atoms with van der Waals surface area (Å²) in [6, 6.07) is 18.3. The molecular formula is C22H27N5O. The largest absolute Gasteiger partial charge is 0.350 e. The molecule has 28 heavy (non-hydrogen) atoms. The first-order valence-electron chi connectivity index (χ1n) is 9.85. The van der Waals surface area contributed by atoms with Crippen LogP contribution in [-0.4, -0.2) is 65.7 Å². The van der Waals surface area contributed by atoms with Gasteiger partial charge in [0.1, 0.15) is 0 Å². The molecule has 0 saturated carbocycles. The predicted molar refractivity (Wildman–Crippen MR) is 111 cm³/mol. The van der Waals surface area contributed by atoms with Crippen molar-refractivity contribution in [2.75, 3.05) is 39.8 Å². The third-order valence-corrected chi connectivity index (χ3v) is 5.37. The van der Waals surface area contributed by atoms with Crippen molar-refractivity contribution in [3.8, 4) is 0 Å². The molecule has 0 spiro atoms. The molecule has 3 aromatic rings. The molecule has 1 fully saturated rings. The van der Waals surface area contributed by atoms with Gasteiger partial charge in [-0.15, -0.1) is 0 Å². The number of rotatable bonds is 5. The highest BCUT2D eigenvalue weighted by Gasteiger charge is 2.22. The van der Waals surface area contributed by atoms with Crippen molar-refractivity contribution < 1.29 is 4.79 Å². The minimum absolute atomic E-state index is 0.112. The first-order valence-corrected chi connectivity index (χ1v) is 9.85. The van der Waals surface area contributed by atoms with Crippen molar-refractivity contribution in [2.45, 2.75) is 6.54 Å². The molecule has 1 aliphatic rings. The van der Waals surface area contributed by atoms with Crippen LogP contribution in [0.15, 0.2) is 54.6 Å². The Morgan fingerprint density at radius 2 is 1.89 bits per heavy atom. The summed E-state index contributed by atoms with van der Waals surface area (Å²) in [4.78, 5) is 17.5. The van der Waals surface area contributed by atoms with Crippen molar-refractivity contribution in [1.82, 2.24) is 25.3 Å². The fourth-order valence-corrected chi connectivity index (χ4v) is 3.93. The zero-order valence-electron chi connectivity index (χ0n) is 16.3. The van der Waals surface area contributed by atoms with Crippen molar-refractivity contribution in [1.29, 1.82) is 0 Å². The summed E-state index contributed by atoms with van der Waals surface area (Å²) in [5.74, 6) is 0.268. The van der Waals surface area contributed by atoms with Gasteiger partial charge in [0, 0.05) is 50.6 Å². The zero-order chi connectivity index (χ0) is 19.3. The smallest absolute Gasteiger partial charge is 0.272 e. The van der Waals surface area contributed by atoms with Crippen LogP contribution in [0.5, 0.6) is 0 Å². The molecule has 6 nitrogen and oxygen atoms in total. The summed E-state index contributed by atoms with van der Waals surface area (Å²) in [5.41, 5.74) is 2.69. The molecular weight excluding hydrogens is 350 g/mol. The van der Waals surface area contributed by atoms with Crippen LogP contribution < -0.4 is 5.32 Å². The summed E-state index contributed by atoms with van der Waals surface area (Å²) < 4.78 is 0. The van der Waals surface area contributed by atoms with Gasteiger partial charge in [0.2, 0.25) is 0 Å². The molecule has 1 aliphatic heterocycles. The van der Waals surface area contributed by atoms with E-state index in [0.717, 1.165) is 43.6 Å². The quantitative estimate of drug-likeness (QED) is 0.716. The number of H-pyrrole nitrogens is 1. The lowest BCUT2D eigenvalue weighted by atomic mass is 10.1. The third-order valence-electron chi connectivity index (χ3n) is 5.37. The molecule has 2 heterocycles. The number of hydrogen-bond acceptors (Lipinski definition) is 4. The van der Waals surface area contributed by atoms with E-state index in [1.165, 1.54) is 5.56 Å². The molecule has 1 saturated heterocycles. The molecule has 6 heteroatoms. The van der Waals surface area contributed by atoms with Gasteiger partial charge in [-0.05, 0) is 18.7 Å². The van der Waals surface area contributed by atoms with Crippen LogP contribution in [0.3, 0.4) is 0 Å². The Kier molecular flexibility index (Phi) is 5.69. The highest BCUT2D eigenvalue weighted by molar-refractivity contribution is 6.04. The summed E-state index contributed by atoms with van der Waals surface area (Å²) >= 11 is 0. The fourth-order valence-electron chi connectivity index (χ4n) is 3.93. The Labute approximate surface area is 165 Å². The number of fused-ring (bicyclic) bond motifs is 1. The van der Waals surface area contributed by atoms with E-state index in [1.807, 2.05) is 24.3 Å². The van der Waals surface area contributed by atoms with E-state index in [0.29, 0.717) is 18.2 Å². The first kappa shape index (κ1) is 18.7. The van der Waals surface area contributed by atoms with Crippen LogP contribution in [0.25, 0.3) is 10.9 Å². The lowest BCUT2D eigenvalue weighted by Gasteiger charge is -2.24. The summed E-state index contributed by atoms with van der Waals surface area (Å²) in [7, 11) is 2.15. The lowest BCUT2D eigenvalue weighted by molar-refractivity contribution is 0.0938. The number of para-hydroxylation sites is 1. The topological polar surface area (TPSA) is 64.3 Å². The minimum Gasteiger partial charge on any atom is -0.350 e. The fraction of sp³-hybridized carbons (Fsp3) is 0.364. The second-order valence-electron chi connectivity index (χ2n) is 7.68. The van der Waals surface area contributed by atoms with E-state index >= 15 is 0 Å². The SMILES string of the molecule is CN1CCN(Cc2ccccc2)CC(CNC(=O)c2n[nH]c3ccccc23)C1. The van der Waals surface area contributed by atoms with Crippen LogP contribution in [0, 0.1) is 5.92 Å². The molecule has 4 rings (SSSR count). The average molecular weight is 377 g/mol. The number of likely N-dealkylation sites (N-methyl/N-ethyl adjacent to an activating group) is 1. The van der Waals surface area contributed by atoms with E-state index in [-0.39, 0.29) is 5.91 Å². The Morgan fingerprint density at radius 1 is 1.11 bits per heavy atom. The summed E-state index contributed by atoms with van der Waals surface area (Å²) in [5, 5.41) is 11.1. The van der Waals surface area contributed by atoms with E-state index in [4.69, 9.17) is 0 Å². The third kappa shape index (κ3) is 4.40. The van der Waals surface area contributed by atoms with Gasteiger partial charge >= 0.3 is 0 Å². The molecule has 2 aromatic carbocycles. The molecule has 0 aliphatic carbocycles. The lowest BCUT2D eigenvalue weighted by Crippen LogP contribution is -2.38. The number of nitrogens with one attached hydrogen (secondary N) is 2. The van der Waals surface area contributed by atoms with E-state index in [2.05, 4.69) is 62.7 Å². The van der Waals surface area contributed by atoms with Crippen LogP contribution in [-0.2, 0) is 6.54 Å². The van der Waals surface area contributed by atoms with Gasteiger partial charge in [0.25, 0.3) is 5.91 Å². The monoisotopic (exact) mass is 377 g/mol. The van der Waals surface area contributed by atoms with E-state index in [1.54, 1.807) is 0 Å². The van der Waals surface area contributed by atoms with Crippen LogP contribution in [0.4, 0.5) is 0 Å². The van der Waals surface area contributed by atoms with Gasteiger partial charge in [-0.25, -0.2) is 0 Å². The Morgan fingerprint density at radius 3 is 2.75 bits per heavy atom. The number of aromatic nitrogens is 2. The standard InChI is InChI=1S/C22H27N5O/c1-26-11-12-27(15-17-7-3-2-4-8-17)16-18(14-26)13-23-22(28)21-19-9-5-6-10-20(19)24-25-21/h2-10,18H,11-16H2,1H3,(H,23,28)(H,24,25). The summed E-state index contributed by atoms with van der Waals surface area (Å²) in [6.07, 6.45) is 0. The van der Waals surface area contributed by atoms with Gasteiger partial charge in [-0.3, -0.25) is 14.8 Å². The average Bonchev–Trinajstić information content (AvgIpc) is 3.06. The highest BCUT2D eigenvalue weighted by atomic mass is 16.1. The molecule has 2 N–H and O–H groups in total. The van der Waals surface area contributed by atoms with Crippen molar-refractivity contribution in [3.05, 3.63) is 65.9 Å². The van der Waals surface area contributed by atoms with Gasteiger partial charge in [0.15, 0.2) is 5.69 Å². The van der Waals surface area contributed by atoms with Gasteiger partial charge < -0.3 is 10.2 Å². The Balaban J connectivity index is 1.39. The highest BCUT2D eigenvalue weighted by Crippen LogP contribution is 2.16. The number of carbonyl (C=O) groups excluding carboxylic acids is 1. The number of benzene rings is 2. The zero-order valence-corrected chi connectivity index (χ0v) is 16.3. The van der Waals surface area contributed by atoms with E-state index in [9.17, 15) is 4.79 Å². The molecule has 1 atom stereocenters. The van der Waals surface area contributed by atoms with Crippen molar-refractivity contribution in [3.63, 3.8) is 0 Å². The second kappa shape index (κ2) is 8.54. The number of amides is 1. The molecule has 1 aromatic heterocycles. The second-order valence-corrected chi connectivity index (χ2v) is 7.68. The van der Waals surface area contributed by atoms with Gasteiger partial charge in [-0.1, -0.05) is 48.5 Å². The molecule has 1 unspecified atom stereocenters. The number of nitrogens with zero attached hydrogens (tertiary/aromatic N) is 3. The Bertz CT molecular complexity index is 923. The molecule has 146 valence electrons. The molecule has 0 radical (unpaired) electrons. The van der Waals surface area contributed by atoms with Crippen molar-refractivity contribution in [2.24, 2.45) is 5.92 Å². The Hall–Kier alpha value is -2.70. The maximum Gasteiger partial charge on any atom is 0.272 e. The molecule has 1 amide bonds. The molecule has 0 bridgehead atoms.